The van der Waals surface area contributed by atoms with Crippen molar-refractivity contribution < 1.29 is 81.8 Å². The first-order chi connectivity index (χ1) is 54.3. The molecule has 0 amide bonds. The minimum absolute atomic E-state index is 0. The van der Waals surface area contributed by atoms with E-state index in [9.17, 15) is 0 Å². The van der Waals surface area contributed by atoms with Crippen LogP contribution in [-0.2, 0) is 85.0 Å². The maximum atomic E-state index is 6.44. The van der Waals surface area contributed by atoms with Crippen LogP contribution < -0.4 is 24.2 Å². The van der Waals surface area contributed by atoms with Gasteiger partial charge in [0.2, 0.25) is 29.4 Å². The van der Waals surface area contributed by atoms with Gasteiger partial charge in [-0.1, -0.05) is 189 Å². The van der Waals surface area contributed by atoms with Gasteiger partial charge in [-0.3, -0.25) is 24.2 Å². The van der Waals surface area contributed by atoms with Gasteiger partial charge in [-0.25, -0.2) is 4.98 Å². The van der Waals surface area contributed by atoms with Crippen molar-refractivity contribution in [3.8, 4) is 80.1 Å². The number of aromatic nitrogens is 7. The smallest absolute Gasteiger partial charge is 0.420 e. The normalized spacial score (nSPS) is 15.0. The SMILES string of the molecule is CC1(C)c2ccc3[c-]c2N(c2[c-]c(ccc2)-c2cccc(n2)C(C)(C)[N+]2=C=[N+]3C=C2)c2ccccc21.CC1(C)c2ccc3[c-]c2N(c2[c-]c(ccc2)-c2cccc(n2)Oc2ccn-3n2)c2ccccc21.Cc1cccc(C)c1-n1cc2nc1Oc1cccc(n1)-c1[c-]c(ccc1)N1c3[c-]c-2ccc3C(C)(C)c2ccccc21.[Pt+2].[Pt+2].[Pt+2]. The minimum atomic E-state index is -0.385. The van der Waals surface area contributed by atoms with Crippen molar-refractivity contribution in [1.29, 1.82) is 0 Å². The maximum Gasteiger partial charge on any atom is 2.00 e. The van der Waals surface area contributed by atoms with E-state index in [0.717, 1.165) is 130 Å². The fourth-order valence-corrected chi connectivity index (χ4v) is 16.9. The number of hydrogen-bond donors (Lipinski definition) is 0. The molecule has 7 aliphatic rings. The van der Waals surface area contributed by atoms with Gasteiger partial charge in [-0.2, -0.15) is 12.1 Å². The Labute approximate surface area is 713 Å². The van der Waals surface area contributed by atoms with E-state index in [2.05, 4.69) is 324 Å². The van der Waals surface area contributed by atoms with E-state index in [-0.39, 0.29) is 85.0 Å². The van der Waals surface area contributed by atoms with Gasteiger partial charge in [0, 0.05) is 48.9 Å². The van der Waals surface area contributed by atoms with Crippen molar-refractivity contribution in [2.24, 2.45) is 0 Å². The Morgan fingerprint density at radius 2 is 0.826 bits per heavy atom. The number of aryl methyl sites for hydroxylation is 2. The minimum Gasteiger partial charge on any atom is -0.420 e. The van der Waals surface area contributed by atoms with Gasteiger partial charge < -0.3 is 24.2 Å². The number of rotatable bonds is 1. The van der Waals surface area contributed by atoms with Gasteiger partial charge in [0.05, 0.1) is 5.69 Å². The fourth-order valence-electron chi connectivity index (χ4n) is 16.9. The van der Waals surface area contributed by atoms with Crippen LogP contribution in [0.3, 0.4) is 0 Å². The second kappa shape index (κ2) is 29.0. The Kier molecular flexibility index (Phi) is 19.1. The van der Waals surface area contributed by atoms with E-state index in [1.165, 1.54) is 33.4 Å². The van der Waals surface area contributed by atoms with Gasteiger partial charge in [0.25, 0.3) is 12.2 Å². The summed E-state index contributed by atoms with van der Waals surface area (Å²) in [5.41, 5.74) is 28.7. The number of pyridine rings is 3. The van der Waals surface area contributed by atoms with Gasteiger partial charge in [-0.05, 0) is 146 Å². The molecule has 0 saturated heterocycles. The summed E-state index contributed by atoms with van der Waals surface area (Å²) in [4.78, 5) is 26.6. The summed E-state index contributed by atoms with van der Waals surface area (Å²) in [6.07, 6.45) is 8.03. The molecule has 115 heavy (non-hydrogen) atoms. The zero-order valence-electron chi connectivity index (χ0n) is 64.5. The molecule has 0 fully saturated rings. The topological polar surface area (TPSA) is 109 Å². The molecule has 0 unspecified atom stereocenters. The van der Waals surface area contributed by atoms with Crippen molar-refractivity contribution in [1.82, 2.24) is 34.3 Å². The fraction of sp³-hybridized carbons (Fsp3) is 0.143. The third kappa shape index (κ3) is 12.7. The summed E-state index contributed by atoms with van der Waals surface area (Å²) in [5, 5.41) is 4.63. The third-order valence-corrected chi connectivity index (χ3v) is 22.9. The van der Waals surface area contributed by atoms with Crippen LogP contribution in [0, 0.1) is 50.2 Å². The average Bonchev–Trinajstić information content (AvgIpc) is 1.41. The molecule has 0 N–H and O–H groups in total. The largest absolute Gasteiger partial charge is 2.00 e. The quantitative estimate of drug-likeness (QED) is 0.116. The number of nitrogens with zero attached hydrogens (tertiary/aromatic N) is 12. The second-order valence-corrected chi connectivity index (χ2v) is 31.3. The molecular formula is C98H74N12O2Pt3+2. The summed E-state index contributed by atoms with van der Waals surface area (Å²) < 4.78 is 20.3. The molecule has 0 saturated carbocycles. The molecule has 14 nitrogen and oxygen atoms in total. The van der Waals surface area contributed by atoms with Crippen molar-refractivity contribution in [2.45, 2.75) is 91.0 Å². The summed E-state index contributed by atoms with van der Waals surface area (Å²) in [7, 11) is 0. The Morgan fingerprint density at radius 1 is 0.365 bits per heavy atom. The number of hydrogen-bond acceptors (Lipinski definition) is 10. The van der Waals surface area contributed by atoms with Crippen LogP contribution in [0.2, 0.25) is 0 Å². The molecule has 0 aliphatic carbocycles. The molecule has 10 aromatic carbocycles. The summed E-state index contributed by atoms with van der Waals surface area (Å²) >= 11 is 0. The third-order valence-electron chi connectivity index (χ3n) is 22.9. The van der Waals surface area contributed by atoms with Gasteiger partial charge in [-0.15, -0.1) is 142 Å². The molecule has 5 aromatic heterocycles. The van der Waals surface area contributed by atoms with E-state index in [0.29, 0.717) is 23.7 Å². The molecule has 22 rings (SSSR count). The zero-order chi connectivity index (χ0) is 76.1. The van der Waals surface area contributed by atoms with Crippen LogP contribution in [-0.4, -0.2) is 49.4 Å². The molecule has 7 aliphatic heterocycles. The van der Waals surface area contributed by atoms with E-state index in [1.54, 1.807) is 4.68 Å². The number of ether oxygens (including phenoxy) is 2. The number of para-hydroxylation sites is 4. The molecule has 0 radical (unpaired) electrons. The van der Waals surface area contributed by atoms with Gasteiger partial charge in [0.15, 0.2) is 0 Å². The predicted molar refractivity (Wildman–Crippen MR) is 439 cm³/mol. The molecule has 17 heteroatoms. The van der Waals surface area contributed by atoms with Crippen LogP contribution in [0.5, 0.6) is 23.7 Å². The van der Waals surface area contributed by atoms with Crippen molar-refractivity contribution in [2.75, 3.05) is 14.7 Å². The van der Waals surface area contributed by atoms with Gasteiger partial charge >= 0.3 is 69.2 Å². The Hall–Kier alpha value is -11.7. The average molecular weight is 2040 g/mol. The molecule has 24 bridgehead atoms. The second-order valence-electron chi connectivity index (χ2n) is 31.3. The first-order valence-corrected chi connectivity index (χ1v) is 37.8. The number of imidazole rings is 1. The molecule has 566 valence electrons. The van der Waals surface area contributed by atoms with E-state index < -0.39 is 0 Å². The van der Waals surface area contributed by atoms with Gasteiger partial charge in [0.1, 0.15) is 11.4 Å². The number of anilines is 9. The molecule has 0 spiro atoms. The summed E-state index contributed by atoms with van der Waals surface area (Å²) in [6.45, 7) is 22.2. The monoisotopic (exact) mass is 2040 g/mol. The Morgan fingerprint density at radius 3 is 1.38 bits per heavy atom. The number of fused-ring (bicyclic) bond motifs is 34. The molecular weight excluding hydrogens is 1960 g/mol. The van der Waals surface area contributed by atoms with Crippen LogP contribution >= 0.6 is 0 Å². The van der Waals surface area contributed by atoms with Crippen LogP contribution in [0.1, 0.15) is 106 Å². The molecule has 0 atom stereocenters. The van der Waals surface area contributed by atoms with Crippen molar-refractivity contribution in [3.05, 3.63) is 354 Å². The first kappa shape index (κ1) is 75.9. The van der Waals surface area contributed by atoms with E-state index >= 15 is 0 Å². The first-order valence-electron chi connectivity index (χ1n) is 37.8. The van der Waals surface area contributed by atoms with Crippen molar-refractivity contribution >= 4 is 62.9 Å². The van der Waals surface area contributed by atoms with Crippen LogP contribution in [0.25, 0.3) is 56.4 Å². The molecule has 15 aromatic rings. The predicted octanol–water partition coefficient (Wildman–Crippen LogP) is 22.8. The van der Waals surface area contributed by atoms with Crippen molar-refractivity contribution in [3.63, 3.8) is 0 Å². The molecule has 12 heterocycles. The maximum absolute atomic E-state index is 6.44. The summed E-state index contributed by atoms with van der Waals surface area (Å²) in [6, 6.07) is 110. The standard InChI is InChI=1S/C37H28N4O.C32H26N4.C29H20N4O.3Pt/c1-23-10-7-11-24(2)35(23)40-22-31-26-18-19-29-33(21-26)41(32-16-6-5-14-28(32)37(29,3)4)27-13-8-12-25(20-27)30-15-9-17-34(38-30)42-36(40)39-31;1-31(2)25-11-5-6-13-28(25)36-24-10-7-9-22(19-24)27-12-8-14-30(33-27)32(3,4)35-18-17-34(21-35)23-15-16-26(31)29(36)20-23;1-29(2)22-9-3-4-11-25(22)33-21-8-5-7-19(17-21)24-10-6-12-27(30-24)34-28-15-16-32(31-28)20-13-14-23(29)26(33)18-20;;;/h5-19,22H,1-4H3;5-18H,1-4H3;3-16H,1-2H3;;;/q-2;;-2;3*+2. The zero-order valence-corrected chi connectivity index (χ0v) is 71.4. The van der Waals surface area contributed by atoms with Crippen LogP contribution in [0.4, 0.5) is 56.9 Å². The van der Waals surface area contributed by atoms with E-state index in [1.807, 2.05) is 88.4 Å². The summed E-state index contributed by atoms with van der Waals surface area (Å²) in [5.74, 6) is 1.44. The van der Waals surface area contributed by atoms with E-state index in [4.69, 9.17) is 29.4 Å². The number of benzene rings is 10. The Bertz CT molecular complexity index is 6540. The van der Waals surface area contributed by atoms with Crippen LogP contribution in [0.15, 0.2) is 267 Å². The Balaban J connectivity index is 0.000000123.